The molecule has 2 saturated heterocycles. The molecule has 2 atom stereocenters. The first kappa shape index (κ1) is 33.3. The highest BCUT2D eigenvalue weighted by atomic mass is 35.5. The van der Waals surface area contributed by atoms with E-state index in [-0.39, 0.29) is 66.7 Å². The van der Waals surface area contributed by atoms with Crippen molar-refractivity contribution in [3.63, 3.8) is 0 Å². The number of alkyl halides is 2. The van der Waals surface area contributed by atoms with Gasteiger partial charge in [0.25, 0.3) is 11.8 Å². The van der Waals surface area contributed by atoms with Crippen molar-refractivity contribution < 1.29 is 28.3 Å². The van der Waals surface area contributed by atoms with Gasteiger partial charge < -0.3 is 19.9 Å². The predicted molar refractivity (Wildman–Crippen MR) is 178 cm³/mol. The summed E-state index contributed by atoms with van der Waals surface area (Å²) >= 11 is 14.6. The molecule has 14 heteroatoms. The number of hydrogen-bond donors (Lipinski definition) is 2. The van der Waals surface area contributed by atoms with Crippen LogP contribution in [0.5, 0.6) is 0 Å². The molecule has 0 radical (unpaired) electrons. The van der Waals surface area contributed by atoms with Crippen molar-refractivity contribution in [2.75, 3.05) is 25.0 Å². The SMILES string of the molecule is Cn1cc(C(=O)Nc2cc(Cl)c(CC(=O)N3C[C@@H](N4CCC(F)(F)CC4)C[C@H]3c3ncc(CCC(=O)O)s3)cc2Cl)c2ccccc21. The second-order valence-electron chi connectivity index (χ2n) is 12.1. The van der Waals surface area contributed by atoms with Gasteiger partial charge in [0.05, 0.1) is 35.2 Å². The van der Waals surface area contributed by atoms with E-state index in [9.17, 15) is 23.2 Å². The second-order valence-corrected chi connectivity index (χ2v) is 14.1. The Morgan fingerprint density at radius 3 is 2.62 bits per heavy atom. The number of halogens is 4. The molecule has 2 amide bonds. The maximum atomic E-state index is 13.9. The molecule has 0 spiro atoms. The van der Waals surface area contributed by atoms with E-state index in [0.717, 1.165) is 15.8 Å². The van der Waals surface area contributed by atoms with Gasteiger partial charge in [-0.2, -0.15) is 0 Å². The average molecular weight is 705 g/mol. The number of thiazole rings is 1. The number of aryl methyl sites for hydroxylation is 2. The Kier molecular flexibility index (Phi) is 9.57. The van der Waals surface area contributed by atoms with E-state index in [1.165, 1.54) is 17.4 Å². The van der Waals surface area contributed by atoms with Gasteiger partial charge in [-0.05, 0) is 36.6 Å². The first-order valence-corrected chi connectivity index (χ1v) is 16.9. The zero-order valence-electron chi connectivity index (χ0n) is 25.5. The van der Waals surface area contributed by atoms with Crippen LogP contribution >= 0.6 is 34.5 Å². The van der Waals surface area contributed by atoms with Crippen molar-refractivity contribution >= 4 is 68.9 Å². The van der Waals surface area contributed by atoms with Crippen LogP contribution in [-0.2, 0) is 29.5 Å². The lowest BCUT2D eigenvalue weighted by Crippen LogP contribution is -2.46. The maximum absolute atomic E-state index is 13.9. The van der Waals surface area contributed by atoms with Gasteiger partial charge in [-0.15, -0.1) is 11.3 Å². The van der Waals surface area contributed by atoms with E-state index >= 15 is 0 Å². The zero-order valence-corrected chi connectivity index (χ0v) is 27.8. The summed E-state index contributed by atoms with van der Waals surface area (Å²) in [7, 11) is 1.86. The van der Waals surface area contributed by atoms with Crippen molar-refractivity contribution in [2.24, 2.45) is 7.05 Å². The molecular weight excluding hydrogens is 671 g/mol. The Morgan fingerprint density at radius 2 is 1.87 bits per heavy atom. The molecule has 4 aromatic rings. The summed E-state index contributed by atoms with van der Waals surface area (Å²) in [5, 5.41) is 13.9. The Morgan fingerprint density at radius 1 is 1.13 bits per heavy atom. The number of amides is 2. The number of carboxylic acid groups (broad SMARTS) is 1. The quantitative estimate of drug-likeness (QED) is 0.198. The Hall–Kier alpha value is -3.58. The smallest absolute Gasteiger partial charge is 0.303 e. The third-order valence-electron chi connectivity index (χ3n) is 8.95. The van der Waals surface area contributed by atoms with E-state index in [4.69, 9.17) is 28.3 Å². The van der Waals surface area contributed by atoms with Gasteiger partial charge in [0.1, 0.15) is 5.01 Å². The molecule has 9 nitrogen and oxygen atoms in total. The highest BCUT2D eigenvalue weighted by molar-refractivity contribution is 7.11. The summed E-state index contributed by atoms with van der Waals surface area (Å²) in [5.41, 5.74) is 2.18. The molecule has 4 heterocycles. The van der Waals surface area contributed by atoms with Gasteiger partial charge in [0.15, 0.2) is 0 Å². The van der Waals surface area contributed by atoms with Crippen molar-refractivity contribution in [2.45, 2.75) is 56.5 Å². The summed E-state index contributed by atoms with van der Waals surface area (Å²) in [4.78, 5) is 47.3. The minimum atomic E-state index is -2.69. The number of benzene rings is 2. The van der Waals surface area contributed by atoms with Crippen molar-refractivity contribution in [3.05, 3.63) is 79.8 Å². The Bertz CT molecular complexity index is 1840. The van der Waals surface area contributed by atoms with E-state index in [1.54, 1.807) is 23.4 Å². The molecular formula is C33H33Cl2F2N5O4S. The maximum Gasteiger partial charge on any atom is 0.303 e. The number of nitrogens with one attached hydrogen (secondary N) is 1. The van der Waals surface area contributed by atoms with Gasteiger partial charge >= 0.3 is 5.97 Å². The van der Waals surface area contributed by atoms with Crippen LogP contribution in [0.3, 0.4) is 0 Å². The van der Waals surface area contributed by atoms with E-state index in [0.29, 0.717) is 41.2 Å². The van der Waals surface area contributed by atoms with E-state index < -0.39 is 17.9 Å². The lowest BCUT2D eigenvalue weighted by atomic mass is 10.0. The second kappa shape index (κ2) is 13.5. The van der Waals surface area contributed by atoms with Crippen molar-refractivity contribution in [3.8, 4) is 0 Å². The molecule has 2 aromatic heterocycles. The fraction of sp³-hybridized carbons (Fsp3) is 0.394. The first-order valence-electron chi connectivity index (χ1n) is 15.3. The highest BCUT2D eigenvalue weighted by Crippen LogP contribution is 2.40. The van der Waals surface area contributed by atoms with Crippen LogP contribution in [0.4, 0.5) is 14.5 Å². The number of likely N-dealkylation sites (tertiary alicyclic amines) is 2. The molecule has 248 valence electrons. The Labute approximate surface area is 284 Å². The van der Waals surface area contributed by atoms with E-state index in [1.807, 2.05) is 40.8 Å². The van der Waals surface area contributed by atoms with Gasteiger partial charge in [-0.3, -0.25) is 19.3 Å². The number of carboxylic acids is 1. The Balaban J connectivity index is 1.19. The lowest BCUT2D eigenvalue weighted by Gasteiger charge is -2.35. The number of anilines is 1. The number of para-hydroxylation sites is 1. The van der Waals surface area contributed by atoms with Crippen molar-refractivity contribution in [1.29, 1.82) is 0 Å². The summed E-state index contributed by atoms with van der Waals surface area (Å²) in [5.74, 6) is -4.17. The number of nitrogens with zero attached hydrogens (tertiary/aromatic N) is 4. The predicted octanol–water partition coefficient (Wildman–Crippen LogP) is 6.83. The summed E-state index contributed by atoms with van der Waals surface area (Å²) in [6, 6.07) is 10.1. The summed E-state index contributed by atoms with van der Waals surface area (Å²) in [6.45, 7) is 0.812. The van der Waals surface area contributed by atoms with Crippen LogP contribution in [0, 0.1) is 0 Å². The minimum Gasteiger partial charge on any atom is -0.481 e. The minimum absolute atomic E-state index is 0.0305. The molecule has 2 aromatic carbocycles. The molecule has 0 unspecified atom stereocenters. The number of hydrogen-bond acceptors (Lipinski definition) is 6. The highest BCUT2D eigenvalue weighted by Gasteiger charge is 2.43. The fourth-order valence-electron chi connectivity index (χ4n) is 6.42. The van der Waals surface area contributed by atoms with Crippen LogP contribution in [-0.4, -0.2) is 73.8 Å². The molecule has 47 heavy (non-hydrogen) atoms. The third-order valence-corrected chi connectivity index (χ3v) is 10.8. The monoisotopic (exact) mass is 703 g/mol. The molecule has 0 bridgehead atoms. The number of piperidine rings is 1. The summed E-state index contributed by atoms with van der Waals surface area (Å²) < 4.78 is 29.7. The number of carbonyl (C=O) groups excluding carboxylic acids is 2. The number of rotatable bonds is 9. The largest absolute Gasteiger partial charge is 0.481 e. The van der Waals surface area contributed by atoms with Crippen LogP contribution in [0.2, 0.25) is 10.0 Å². The number of aliphatic carboxylic acids is 1. The topological polar surface area (TPSA) is 108 Å². The molecule has 2 aliphatic heterocycles. The molecule has 0 saturated carbocycles. The molecule has 0 aliphatic carbocycles. The molecule has 2 aliphatic rings. The molecule has 2 fully saturated rings. The normalized spacial score (nSPS) is 19.7. The van der Waals surface area contributed by atoms with Crippen LogP contribution in [0.25, 0.3) is 10.9 Å². The summed E-state index contributed by atoms with van der Waals surface area (Å²) in [6.07, 6.45) is 3.68. The molecule has 2 N–H and O–H groups in total. The van der Waals surface area contributed by atoms with Gasteiger partial charge in [-0.25, -0.2) is 13.8 Å². The molecule has 6 rings (SSSR count). The standard InChI is InChI=1S/C33H33Cl2F2N5O4S/c1-40-18-23(22-4-2-3-5-27(22)40)31(46)39-26-15-24(34)19(12-25(26)35)13-29(43)42-17-20(41-10-8-33(36,37)9-11-41)14-28(42)32-38-16-21(47-32)6-7-30(44)45/h2-5,12,15-16,18,20,28H,6-11,13-14,17H2,1H3,(H,39,46)(H,44,45)/t20-,28-/m0/s1. The van der Waals surface area contributed by atoms with E-state index in [2.05, 4.69) is 10.3 Å². The van der Waals surface area contributed by atoms with Gasteiger partial charge in [0, 0.05) is 78.8 Å². The fourth-order valence-corrected chi connectivity index (χ4v) is 7.93. The number of fused-ring (bicyclic) bond motifs is 1. The van der Waals surface area contributed by atoms with Gasteiger partial charge in [-0.1, -0.05) is 41.4 Å². The number of aromatic nitrogens is 2. The van der Waals surface area contributed by atoms with Crippen molar-refractivity contribution in [1.82, 2.24) is 19.4 Å². The third kappa shape index (κ3) is 7.30. The zero-order chi connectivity index (χ0) is 33.5. The van der Waals surface area contributed by atoms with Crippen LogP contribution in [0.1, 0.15) is 57.5 Å². The van der Waals surface area contributed by atoms with Crippen LogP contribution < -0.4 is 5.32 Å². The first-order chi connectivity index (χ1) is 22.4. The van der Waals surface area contributed by atoms with Crippen LogP contribution in [0.15, 0.2) is 48.8 Å². The average Bonchev–Trinajstić information content (AvgIpc) is 3.76. The lowest BCUT2D eigenvalue weighted by molar-refractivity contribution is -0.137. The number of carbonyl (C=O) groups is 3. The van der Waals surface area contributed by atoms with Gasteiger partial charge in [0.2, 0.25) is 5.91 Å².